The molecule has 138 valence electrons. The second kappa shape index (κ2) is 7.80. The van der Waals surface area contributed by atoms with Crippen LogP contribution >= 0.6 is 0 Å². The smallest absolute Gasteiger partial charge is 0.259 e. The molecule has 0 atom stereocenters. The molecular weight excluding hydrogens is 350 g/mol. The minimum absolute atomic E-state index is 0.0901. The fourth-order valence-corrected chi connectivity index (χ4v) is 3.18. The van der Waals surface area contributed by atoms with Crippen LogP contribution in [-0.2, 0) is 4.79 Å². The number of nitrogens with zero attached hydrogens (tertiary/aromatic N) is 1. The molecule has 0 radical (unpaired) electrons. The van der Waals surface area contributed by atoms with Crippen LogP contribution in [0.25, 0.3) is 21.5 Å². The highest BCUT2D eigenvalue weighted by atomic mass is 16.3. The van der Waals surface area contributed by atoms with Crippen molar-refractivity contribution in [1.29, 1.82) is 0 Å². The van der Waals surface area contributed by atoms with Gasteiger partial charge in [0.15, 0.2) is 0 Å². The van der Waals surface area contributed by atoms with Crippen LogP contribution < -0.4 is 10.7 Å². The number of phenolic OH excluding ortho intramolecular Hbond substituents is 1. The van der Waals surface area contributed by atoms with Crippen LogP contribution in [0.15, 0.2) is 84.0 Å². The number of rotatable bonds is 5. The second-order valence-electron chi connectivity index (χ2n) is 6.39. The second-order valence-corrected chi connectivity index (χ2v) is 6.39. The summed E-state index contributed by atoms with van der Waals surface area (Å²) >= 11 is 0. The SMILES string of the molecule is O=C(CNc1cccc2ccccc12)N/N=C/c1c(O)ccc2ccccc12. The Labute approximate surface area is 162 Å². The summed E-state index contributed by atoms with van der Waals surface area (Å²) in [5.41, 5.74) is 3.96. The summed E-state index contributed by atoms with van der Waals surface area (Å²) < 4.78 is 0. The van der Waals surface area contributed by atoms with E-state index in [1.807, 2.05) is 72.8 Å². The molecule has 0 heterocycles. The lowest BCUT2D eigenvalue weighted by molar-refractivity contribution is -0.119. The first-order chi connectivity index (χ1) is 13.7. The number of nitrogens with one attached hydrogen (secondary N) is 2. The van der Waals surface area contributed by atoms with E-state index < -0.39 is 0 Å². The number of carbonyl (C=O) groups is 1. The Morgan fingerprint density at radius 2 is 1.54 bits per heavy atom. The molecule has 0 aliphatic carbocycles. The summed E-state index contributed by atoms with van der Waals surface area (Å²) in [4.78, 5) is 12.1. The maximum atomic E-state index is 12.1. The monoisotopic (exact) mass is 369 g/mol. The van der Waals surface area contributed by atoms with E-state index in [2.05, 4.69) is 15.8 Å². The van der Waals surface area contributed by atoms with E-state index in [4.69, 9.17) is 0 Å². The van der Waals surface area contributed by atoms with Crippen molar-refractivity contribution in [3.05, 3.63) is 84.4 Å². The van der Waals surface area contributed by atoms with E-state index >= 15 is 0 Å². The molecule has 0 spiro atoms. The molecule has 4 aromatic carbocycles. The zero-order valence-electron chi connectivity index (χ0n) is 15.1. The maximum absolute atomic E-state index is 12.1. The van der Waals surface area contributed by atoms with Gasteiger partial charge in [0.1, 0.15) is 5.75 Å². The minimum Gasteiger partial charge on any atom is -0.507 e. The number of hydrogen-bond donors (Lipinski definition) is 3. The van der Waals surface area contributed by atoms with Gasteiger partial charge in [0, 0.05) is 16.6 Å². The number of carbonyl (C=O) groups excluding carboxylic acids is 1. The number of benzene rings is 4. The summed E-state index contributed by atoms with van der Waals surface area (Å²) in [5, 5.41) is 21.3. The zero-order valence-corrected chi connectivity index (χ0v) is 15.1. The Balaban J connectivity index is 1.43. The van der Waals surface area contributed by atoms with Crippen LogP contribution in [0.5, 0.6) is 5.75 Å². The van der Waals surface area contributed by atoms with Gasteiger partial charge in [0.2, 0.25) is 0 Å². The average molecular weight is 369 g/mol. The third kappa shape index (κ3) is 3.64. The topological polar surface area (TPSA) is 73.7 Å². The van der Waals surface area contributed by atoms with Gasteiger partial charge in [0.25, 0.3) is 5.91 Å². The number of phenols is 1. The molecule has 0 bridgehead atoms. The van der Waals surface area contributed by atoms with Crippen molar-refractivity contribution in [1.82, 2.24) is 5.43 Å². The molecule has 5 heteroatoms. The fraction of sp³-hybridized carbons (Fsp3) is 0.0435. The first-order valence-corrected chi connectivity index (χ1v) is 8.96. The van der Waals surface area contributed by atoms with Crippen LogP contribution in [0.1, 0.15) is 5.56 Å². The van der Waals surface area contributed by atoms with Gasteiger partial charge in [-0.2, -0.15) is 5.10 Å². The summed E-state index contributed by atoms with van der Waals surface area (Å²) in [6.07, 6.45) is 1.47. The van der Waals surface area contributed by atoms with Crippen molar-refractivity contribution < 1.29 is 9.90 Å². The molecule has 28 heavy (non-hydrogen) atoms. The molecule has 0 aliphatic rings. The quantitative estimate of drug-likeness (QED) is 0.363. The normalized spacial score (nSPS) is 11.1. The van der Waals surface area contributed by atoms with E-state index in [1.165, 1.54) is 6.21 Å². The summed E-state index contributed by atoms with van der Waals surface area (Å²) in [7, 11) is 0. The number of fused-ring (bicyclic) bond motifs is 2. The van der Waals surface area contributed by atoms with Crippen molar-refractivity contribution in [2.24, 2.45) is 5.10 Å². The number of anilines is 1. The van der Waals surface area contributed by atoms with E-state index in [9.17, 15) is 9.90 Å². The Morgan fingerprint density at radius 3 is 2.36 bits per heavy atom. The number of hydrazone groups is 1. The molecule has 0 aromatic heterocycles. The van der Waals surface area contributed by atoms with Gasteiger partial charge in [0.05, 0.1) is 12.8 Å². The molecule has 0 saturated carbocycles. The van der Waals surface area contributed by atoms with Gasteiger partial charge >= 0.3 is 0 Å². The molecule has 0 aliphatic heterocycles. The molecule has 3 N–H and O–H groups in total. The lowest BCUT2D eigenvalue weighted by Gasteiger charge is -2.09. The Morgan fingerprint density at radius 1 is 0.857 bits per heavy atom. The largest absolute Gasteiger partial charge is 0.507 e. The van der Waals surface area contributed by atoms with Gasteiger partial charge in [-0.1, -0.05) is 66.7 Å². The molecule has 0 saturated heterocycles. The van der Waals surface area contributed by atoms with Crippen LogP contribution in [0, 0.1) is 0 Å². The maximum Gasteiger partial charge on any atom is 0.259 e. The molecule has 5 nitrogen and oxygen atoms in total. The van der Waals surface area contributed by atoms with Crippen molar-refractivity contribution in [2.75, 3.05) is 11.9 Å². The van der Waals surface area contributed by atoms with Crippen LogP contribution in [0.3, 0.4) is 0 Å². The van der Waals surface area contributed by atoms with Crippen LogP contribution in [-0.4, -0.2) is 23.8 Å². The highest BCUT2D eigenvalue weighted by Gasteiger charge is 2.06. The zero-order chi connectivity index (χ0) is 19.3. The molecular formula is C23H19N3O2. The lowest BCUT2D eigenvalue weighted by atomic mass is 10.0. The Hall–Kier alpha value is -3.86. The van der Waals surface area contributed by atoms with Crippen LogP contribution in [0.2, 0.25) is 0 Å². The summed E-state index contributed by atoms with van der Waals surface area (Å²) in [5.74, 6) is -0.158. The highest BCUT2D eigenvalue weighted by Crippen LogP contribution is 2.25. The van der Waals surface area contributed by atoms with E-state index in [-0.39, 0.29) is 18.2 Å². The van der Waals surface area contributed by atoms with Crippen molar-refractivity contribution in [3.63, 3.8) is 0 Å². The molecule has 0 unspecified atom stereocenters. The average Bonchev–Trinajstić information content (AvgIpc) is 2.74. The standard InChI is InChI=1S/C23H19N3O2/c27-22-13-12-17-7-1-3-9-18(17)20(22)14-25-26-23(28)15-24-21-11-5-8-16-6-2-4-10-19(16)21/h1-14,24,27H,15H2,(H,26,28)/b25-14+. The third-order valence-corrected chi connectivity index (χ3v) is 4.56. The van der Waals surface area contributed by atoms with Gasteiger partial charge in [-0.3, -0.25) is 4.79 Å². The molecule has 1 amide bonds. The fourth-order valence-electron chi connectivity index (χ4n) is 3.18. The predicted octanol–water partition coefficient (Wildman–Crippen LogP) is 4.26. The van der Waals surface area contributed by atoms with Gasteiger partial charge in [-0.05, 0) is 28.3 Å². The van der Waals surface area contributed by atoms with Gasteiger partial charge < -0.3 is 10.4 Å². The Kier molecular flexibility index (Phi) is 4.89. The van der Waals surface area contributed by atoms with Crippen molar-refractivity contribution in [3.8, 4) is 5.75 Å². The number of amides is 1. The summed E-state index contributed by atoms with van der Waals surface area (Å²) in [6, 6.07) is 25.1. The van der Waals surface area contributed by atoms with E-state index in [1.54, 1.807) is 6.07 Å². The Bertz CT molecular complexity index is 1180. The van der Waals surface area contributed by atoms with Crippen molar-refractivity contribution >= 4 is 39.4 Å². The molecule has 4 aromatic rings. The van der Waals surface area contributed by atoms with Crippen molar-refractivity contribution in [2.45, 2.75) is 0 Å². The van der Waals surface area contributed by atoms with Crippen LogP contribution in [0.4, 0.5) is 5.69 Å². The minimum atomic E-state index is -0.274. The van der Waals surface area contributed by atoms with Gasteiger partial charge in [-0.25, -0.2) is 5.43 Å². The lowest BCUT2D eigenvalue weighted by Crippen LogP contribution is -2.25. The summed E-state index contributed by atoms with van der Waals surface area (Å²) in [6.45, 7) is 0.0901. The first kappa shape index (κ1) is 17.5. The predicted molar refractivity (Wildman–Crippen MR) is 114 cm³/mol. The van der Waals surface area contributed by atoms with Gasteiger partial charge in [-0.15, -0.1) is 0 Å². The molecule has 0 fully saturated rings. The van der Waals surface area contributed by atoms with E-state index in [0.29, 0.717) is 5.56 Å². The third-order valence-electron chi connectivity index (χ3n) is 4.56. The molecule has 4 rings (SSSR count). The van der Waals surface area contributed by atoms with E-state index in [0.717, 1.165) is 27.2 Å². The number of aromatic hydroxyl groups is 1. The first-order valence-electron chi connectivity index (χ1n) is 8.96. The number of hydrogen-bond acceptors (Lipinski definition) is 4. The highest BCUT2D eigenvalue weighted by molar-refractivity contribution is 6.02.